The molecule has 0 aliphatic rings. The lowest BCUT2D eigenvalue weighted by Gasteiger charge is -2.24. The summed E-state index contributed by atoms with van der Waals surface area (Å²) in [5.41, 5.74) is 0.875. The highest BCUT2D eigenvalue weighted by Crippen LogP contribution is 2.31. The number of nitro groups is 1. The minimum absolute atomic E-state index is 0.150. The fraction of sp³-hybridized carbons (Fsp3) is 0.222. The van der Waals surface area contributed by atoms with Crippen molar-refractivity contribution in [1.82, 2.24) is 9.88 Å². The van der Waals surface area contributed by atoms with E-state index in [-0.39, 0.29) is 23.2 Å². The Kier molecular flexibility index (Phi) is 4.85. The smallest absolute Gasteiger partial charge is 0.270 e. The Morgan fingerprint density at radius 3 is 2.69 bits per heavy atom. The second-order valence-electron chi connectivity index (χ2n) is 5.75. The van der Waals surface area contributed by atoms with Crippen molar-refractivity contribution in [2.45, 2.75) is 13.0 Å². The van der Waals surface area contributed by atoms with Crippen molar-refractivity contribution < 1.29 is 14.5 Å². The van der Waals surface area contributed by atoms with Gasteiger partial charge in [0, 0.05) is 19.2 Å². The molecule has 1 aromatic heterocycles. The highest BCUT2D eigenvalue weighted by molar-refractivity contribution is 7.18. The average molecular weight is 371 g/mol. The fourth-order valence-corrected chi connectivity index (χ4v) is 3.64. The molecule has 1 heterocycles. The zero-order valence-electron chi connectivity index (χ0n) is 14.5. The quantitative estimate of drug-likeness (QED) is 0.499. The van der Waals surface area contributed by atoms with E-state index < -0.39 is 4.92 Å². The van der Waals surface area contributed by atoms with Gasteiger partial charge in [0.1, 0.15) is 10.8 Å². The van der Waals surface area contributed by atoms with Crippen molar-refractivity contribution >= 4 is 33.1 Å². The van der Waals surface area contributed by atoms with Crippen molar-refractivity contribution in [3.8, 4) is 5.75 Å². The minimum atomic E-state index is -0.535. The number of para-hydroxylation sites is 1. The number of nitro benzene ring substituents is 1. The Balaban J connectivity index is 1.93. The van der Waals surface area contributed by atoms with Crippen molar-refractivity contribution in [3.63, 3.8) is 0 Å². The maximum absolute atomic E-state index is 12.9. The van der Waals surface area contributed by atoms with Crippen LogP contribution in [0.25, 0.3) is 10.2 Å². The molecule has 8 heteroatoms. The number of amides is 1. The van der Waals surface area contributed by atoms with Crippen LogP contribution >= 0.6 is 11.3 Å². The first kappa shape index (κ1) is 17.8. The number of rotatable bonds is 5. The molecule has 0 radical (unpaired) electrons. The number of nitrogens with zero attached hydrogens (tertiary/aromatic N) is 3. The number of carbonyl (C=O) groups is 1. The van der Waals surface area contributed by atoms with Gasteiger partial charge >= 0.3 is 0 Å². The van der Waals surface area contributed by atoms with E-state index in [0.717, 1.165) is 15.2 Å². The predicted molar refractivity (Wildman–Crippen MR) is 99.8 cm³/mol. The third kappa shape index (κ3) is 3.23. The summed E-state index contributed by atoms with van der Waals surface area (Å²) in [6, 6.07) is 11.5. The van der Waals surface area contributed by atoms with Crippen LogP contribution in [0.2, 0.25) is 0 Å². The van der Waals surface area contributed by atoms with Crippen molar-refractivity contribution in [2.75, 3.05) is 14.2 Å². The molecule has 26 heavy (non-hydrogen) atoms. The summed E-state index contributed by atoms with van der Waals surface area (Å²) in [6.45, 7) is 1.87. The van der Waals surface area contributed by atoms with Crippen LogP contribution in [0.15, 0.2) is 42.5 Å². The molecule has 0 saturated carbocycles. The molecular weight excluding hydrogens is 354 g/mol. The van der Waals surface area contributed by atoms with Gasteiger partial charge in [0.2, 0.25) is 0 Å². The molecule has 3 aromatic rings. The van der Waals surface area contributed by atoms with E-state index in [9.17, 15) is 14.9 Å². The monoisotopic (exact) mass is 371 g/mol. The average Bonchev–Trinajstić information content (AvgIpc) is 3.09. The molecule has 0 spiro atoms. The molecule has 0 aliphatic carbocycles. The van der Waals surface area contributed by atoms with Crippen LogP contribution < -0.4 is 4.74 Å². The summed E-state index contributed by atoms with van der Waals surface area (Å²) in [5.74, 6) is -0.0683. The Labute approximate surface area is 154 Å². The summed E-state index contributed by atoms with van der Waals surface area (Å²) < 4.78 is 6.25. The second kappa shape index (κ2) is 7.09. The summed E-state index contributed by atoms with van der Waals surface area (Å²) in [4.78, 5) is 29.5. The van der Waals surface area contributed by atoms with Gasteiger partial charge in [0.05, 0.1) is 33.9 Å². The number of aromatic nitrogens is 1. The molecule has 1 atom stereocenters. The third-order valence-corrected chi connectivity index (χ3v) is 5.40. The highest BCUT2D eigenvalue weighted by Gasteiger charge is 2.25. The lowest BCUT2D eigenvalue weighted by Crippen LogP contribution is -2.30. The molecule has 0 fully saturated rings. The number of fused-ring (bicyclic) bond motifs is 1. The molecule has 2 aromatic carbocycles. The lowest BCUT2D eigenvalue weighted by atomic mass is 10.1. The van der Waals surface area contributed by atoms with E-state index in [2.05, 4.69) is 4.98 Å². The summed E-state index contributed by atoms with van der Waals surface area (Å²) >= 11 is 1.52. The van der Waals surface area contributed by atoms with Crippen LogP contribution in [-0.2, 0) is 0 Å². The lowest BCUT2D eigenvalue weighted by molar-refractivity contribution is -0.384. The van der Waals surface area contributed by atoms with Gasteiger partial charge in [-0.25, -0.2) is 4.98 Å². The summed E-state index contributed by atoms with van der Waals surface area (Å²) in [5, 5.41) is 11.8. The Morgan fingerprint density at radius 2 is 2.04 bits per heavy atom. The van der Waals surface area contributed by atoms with E-state index in [1.165, 1.54) is 41.5 Å². The number of thiazole rings is 1. The van der Waals surface area contributed by atoms with Crippen LogP contribution in [0.3, 0.4) is 0 Å². The predicted octanol–water partition coefficient (Wildman–Crippen LogP) is 4.05. The number of methoxy groups -OCH3 is 1. The zero-order chi connectivity index (χ0) is 18.8. The number of non-ortho nitro benzene ring substituents is 1. The van der Waals surface area contributed by atoms with Crippen LogP contribution in [-0.4, -0.2) is 34.9 Å². The Morgan fingerprint density at radius 1 is 1.31 bits per heavy atom. The maximum atomic E-state index is 12.9. The number of carbonyl (C=O) groups excluding carboxylic acids is 1. The van der Waals surface area contributed by atoms with Crippen molar-refractivity contribution in [1.29, 1.82) is 0 Å². The van der Waals surface area contributed by atoms with Gasteiger partial charge in [-0.05, 0) is 25.1 Å². The molecule has 0 saturated heterocycles. The molecular formula is C18H17N3O4S. The summed E-state index contributed by atoms with van der Waals surface area (Å²) in [7, 11) is 3.08. The normalized spacial score (nSPS) is 12.0. The molecule has 3 rings (SSSR count). The molecule has 0 aliphatic heterocycles. The van der Waals surface area contributed by atoms with E-state index in [1.54, 1.807) is 7.05 Å². The van der Waals surface area contributed by atoms with Crippen LogP contribution in [0.4, 0.5) is 5.69 Å². The number of benzene rings is 2. The molecule has 1 amide bonds. The van der Waals surface area contributed by atoms with E-state index in [1.807, 2.05) is 31.2 Å². The molecule has 134 valence electrons. The van der Waals surface area contributed by atoms with E-state index in [4.69, 9.17) is 4.74 Å². The van der Waals surface area contributed by atoms with Crippen LogP contribution in [0.5, 0.6) is 5.75 Å². The van der Waals surface area contributed by atoms with Gasteiger partial charge in [0.15, 0.2) is 0 Å². The molecule has 7 nitrogen and oxygen atoms in total. The van der Waals surface area contributed by atoms with Gasteiger partial charge in [0.25, 0.3) is 11.6 Å². The minimum Gasteiger partial charge on any atom is -0.496 e. The highest BCUT2D eigenvalue weighted by atomic mass is 32.1. The fourth-order valence-electron chi connectivity index (χ4n) is 2.58. The van der Waals surface area contributed by atoms with Crippen LogP contribution in [0, 0.1) is 10.1 Å². The first-order valence-electron chi connectivity index (χ1n) is 7.87. The number of ether oxygens (including phenoxy) is 1. The molecule has 0 N–H and O–H groups in total. The van der Waals surface area contributed by atoms with Crippen molar-refractivity contribution in [3.05, 3.63) is 63.1 Å². The third-order valence-electron chi connectivity index (χ3n) is 4.19. The second-order valence-corrected chi connectivity index (χ2v) is 6.82. The first-order valence-corrected chi connectivity index (χ1v) is 8.69. The molecule has 0 unspecified atom stereocenters. The SMILES string of the molecule is COc1ccc([N+](=O)[O-])cc1C(=O)N(C)[C@@H](C)c1nc2ccccc2s1. The van der Waals surface area contributed by atoms with Crippen molar-refractivity contribution in [2.24, 2.45) is 0 Å². The van der Waals surface area contributed by atoms with Gasteiger partial charge in [-0.3, -0.25) is 14.9 Å². The maximum Gasteiger partial charge on any atom is 0.270 e. The largest absolute Gasteiger partial charge is 0.496 e. The van der Waals surface area contributed by atoms with Gasteiger partial charge < -0.3 is 9.64 Å². The Bertz CT molecular complexity index is 952. The van der Waals surface area contributed by atoms with Gasteiger partial charge in [-0.2, -0.15) is 0 Å². The zero-order valence-corrected chi connectivity index (χ0v) is 15.3. The summed E-state index contributed by atoms with van der Waals surface area (Å²) in [6.07, 6.45) is 0. The first-order chi connectivity index (χ1) is 12.4. The number of hydrogen-bond donors (Lipinski definition) is 0. The van der Waals surface area contributed by atoms with E-state index >= 15 is 0 Å². The van der Waals surface area contributed by atoms with Gasteiger partial charge in [-0.15, -0.1) is 11.3 Å². The van der Waals surface area contributed by atoms with Crippen LogP contribution in [0.1, 0.15) is 28.3 Å². The van der Waals surface area contributed by atoms with Gasteiger partial charge in [-0.1, -0.05) is 12.1 Å². The number of hydrogen-bond acceptors (Lipinski definition) is 6. The topological polar surface area (TPSA) is 85.6 Å². The standard InChI is InChI=1S/C18H17N3O4S/c1-11(17-19-14-6-4-5-7-16(14)26-17)20(2)18(22)13-10-12(21(23)24)8-9-15(13)25-3/h4-11H,1-3H3/t11-/m0/s1. The Hall–Kier alpha value is -3.00. The van der Waals surface area contributed by atoms with E-state index in [0.29, 0.717) is 5.75 Å². The molecule has 0 bridgehead atoms.